The maximum atomic E-state index is 9.07. The molecule has 0 radical (unpaired) electrons. The molecule has 3 heteroatoms. The summed E-state index contributed by atoms with van der Waals surface area (Å²) in [5.41, 5.74) is 1.02. The summed E-state index contributed by atoms with van der Waals surface area (Å²) >= 11 is 5.88. The lowest BCUT2D eigenvalue weighted by Gasteiger charge is -2.22. The van der Waals surface area contributed by atoms with Gasteiger partial charge in [0.15, 0.2) is 0 Å². The molecule has 1 atom stereocenters. The predicted molar refractivity (Wildman–Crippen MR) is 68.5 cm³/mol. The zero-order valence-electron chi connectivity index (χ0n) is 9.92. The van der Waals surface area contributed by atoms with Crippen LogP contribution in [0.2, 0.25) is 5.02 Å². The number of hydrogen-bond donors (Lipinski definition) is 1. The molecule has 0 saturated heterocycles. The Morgan fingerprint density at radius 1 is 1.44 bits per heavy atom. The van der Waals surface area contributed by atoms with E-state index in [1.807, 2.05) is 24.3 Å². The van der Waals surface area contributed by atoms with E-state index in [1.165, 1.54) is 0 Å². The van der Waals surface area contributed by atoms with Crippen LogP contribution < -0.4 is 5.32 Å². The molecule has 86 valence electrons. The monoisotopic (exact) mass is 236 g/mol. The molecule has 0 fully saturated rings. The highest BCUT2D eigenvalue weighted by Crippen LogP contribution is 2.23. The Kier molecular flexibility index (Phi) is 4.20. The fourth-order valence-electron chi connectivity index (χ4n) is 1.52. The lowest BCUT2D eigenvalue weighted by Crippen LogP contribution is -2.24. The van der Waals surface area contributed by atoms with Crippen LogP contribution in [0.3, 0.4) is 0 Å². The van der Waals surface area contributed by atoms with Gasteiger partial charge < -0.3 is 5.32 Å². The van der Waals surface area contributed by atoms with Crippen LogP contribution in [0.25, 0.3) is 0 Å². The first-order valence-corrected chi connectivity index (χ1v) is 5.70. The van der Waals surface area contributed by atoms with Crippen LogP contribution in [0.5, 0.6) is 0 Å². The van der Waals surface area contributed by atoms with Crippen molar-refractivity contribution in [3.8, 4) is 6.07 Å². The lowest BCUT2D eigenvalue weighted by atomic mass is 9.88. The topological polar surface area (TPSA) is 35.8 Å². The largest absolute Gasteiger partial charge is 0.370 e. The normalized spacial score (nSPS) is 12.9. The molecule has 0 bridgehead atoms. The molecule has 0 heterocycles. The molecule has 0 aliphatic heterocycles. The molecule has 0 amide bonds. The van der Waals surface area contributed by atoms with E-state index in [4.69, 9.17) is 16.9 Å². The van der Waals surface area contributed by atoms with Gasteiger partial charge in [0, 0.05) is 10.7 Å². The van der Waals surface area contributed by atoms with Crippen molar-refractivity contribution in [1.82, 2.24) is 0 Å². The Morgan fingerprint density at radius 2 is 2.12 bits per heavy atom. The van der Waals surface area contributed by atoms with Crippen LogP contribution in [0.4, 0.5) is 5.69 Å². The highest BCUT2D eigenvalue weighted by Gasteiger charge is 2.18. The van der Waals surface area contributed by atoms with Crippen LogP contribution in [-0.4, -0.2) is 6.04 Å². The molecular formula is C13H17ClN2. The van der Waals surface area contributed by atoms with E-state index in [0.29, 0.717) is 5.02 Å². The Hall–Kier alpha value is -1.20. The molecule has 1 aromatic carbocycles. The van der Waals surface area contributed by atoms with E-state index in [2.05, 4.69) is 32.2 Å². The van der Waals surface area contributed by atoms with E-state index in [1.54, 1.807) is 0 Å². The Labute approximate surface area is 102 Å². The molecular weight excluding hydrogens is 220 g/mol. The molecule has 1 aromatic rings. The molecule has 1 unspecified atom stereocenters. The van der Waals surface area contributed by atoms with E-state index in [-0.39, 0.29) is 11.5 Å². The summed E-state index contributed by atoms with van der Waals surface area (Å²) in [6.45, 7) is 6.37. The first-order chi connectivity index (χ1) is 7.40. The summed E-state index contributed by atoms with van der Waals surface area (Å²) in [4.78, 5) is 0. The lowest BCUT2D eigenvalue weighted by molar-refractivity contribution is 0.370. The van der Waals surface area contributed by atoms with Crippen molar-refractivity contribution < 1.29 is 0 Å². The third-order valence-corrected chi connectivity index (χ3v) is 2.37. The minimum absolute atomic E-state index is 0.131. The van der Waals surface area contributed by atoms with Gasteiger partial charge in [-0.1, -0.05) is 38.4 Å². The minimum Gasteiger partial charge on any atom is -0.370 e. The van der Waals surface area contributed by atoms with Gasteiger partial charge in [0.05, 0.1) is 6.07 Å². The Morgan fingerprint density at radius 3 is 2.62 bits per heavy atom. The quantitative estimate of drug-likeness (QED) is 0.859. The van der Waals surface area contributed by atoms with Crippen molar-refractivity contribution in [3.63, 3.8) is 0 Å². The fraction of sp³-hybridized carbons (Fsp3) is 0.462. The summed E-state index contributed by atoms with van der Waals surface area (Å²) in [6, 6.07) is 9.52. The van der Waals surface area contributed by atoms with Gasteiger partial charge in [-0.3, -0.25) is 0 Å². The number of nitrogens with one attached hydrogen (secondary N) is 1. The molecule has 16 heavy (non-hydrogen) atoms. The van der Waals surface area contributed by atoms with Gasteiger partial charge in [0.1, 0.15) is 6.04 Å². The minimum atomic E-state index is -0.182. The average molecular weight is 237 g/mol. The van der Waals surface area contributed by atoms with Gasteiger partial charge >= 0.3 is 0 Å². The maximum absolute atomic E-state index is 9.07. The first-order valence-electron chi connectivity index (χ1n) is 5.32. The smallest absolute Gasteiger partial charge is 0.114 e. The highest BCUT2D eigenvalue weighted by molar-refractivity contribution is 6.30. The van der Waals surface area contributed by atoms with Gasteiger partial charge in [0.25, 0.3) is 0 Å². The number of anilines is 1. The average Bonchev–Trinajstić information content (AvgIpc) is 2.14. The summed E-state index contributed by atoms with van der Waals surface area (Å²) in [5, 5.41) is 12.9. The molecule has 0 saturated carbocycles. The molecule has 0 aliphatic carbocycles. The molecule has 1 N–H and O–H groups in total. The zero-order chi connectivity index (χ0) is 12.2. The second kappa shape index (κ2) is 5.23. The van der Waals surface area contributed by atoms with Crippen molar-refractivity contribution >= 4 is 17.3 Å². The van der Waals surface area contributed by atoms with Crippen LogP contribution >= 0.6 is 11.6 Å². The van der Waals surface area contributed by atoms with E-state index in [0.717, 1.165) is 12.1 Å². The van der Waals surface area contributed by atoms with Crippen molar-refractivity contribution in [2.45, 2.75) is 33.2 Å². The van der Waals surface area contributed by atoms with Crippen molar-refractivity contribution in [1.29, 1.82) is 5.26 Å². The Bertz CT molecular complexity index is 388. The van der Waals surface area contributed by atoms with E-state index in [9.17, 15) is 0 Å². The number of nitriles is 1. The van der Waals surface area contributed by atoms with Crippen molar-refractivity contribution in [3.05, 3.63) is 29.3 Å². The second-order valence-electron chi connectivity index (χ2n) is 5.10. The first kappa shape index (κ1) is 12.9. The molecule has 1 rings (SSSR count). The maximum Gasteiger partial charge on any atom is 0.114 e. The van der Waals surface area contributed by atoms with Gasteiger partial charge in [0.2, 0.25) is 0 Å². The predicted octanol–water partition coefficient (Wildman–Crippen LogP) is 4.08. The van der Waals surface area contributed by atoms with E-state index >= 15 is 0 Å². The number of halogens is 1. The van der Waals surface area contributed by atoms with Gasteiger partial charge in [-0.15, -0.1) is 0 Å². The summed E-state index contributed by atoms with van der Waals surface area (Å²) < 4.78 is 0. The zero-order valence-corrected chi connectivity index (χ0v) is 10.7. The van der Waals surface area contributed by atoms with Crippen LogP contribution in [0.1, 0.15) is 27.2 Å². The van der Waals surface area contributed by atoms with Gasteiger partial charge in [-0.2, -0.15) is 5.26 Å². The Balaban J connectivity index is 2.68. The summed E-state index contributed by atoms with van der Waals surface area (Å²) in [5.74, 6) is 0. The van der Waals surface area contributed by atoms with Crippen molar-refractivity contribution in [2.75, 3.05) is 5.32 Å². The van der Waals surface area contributed by atoms with Gasteiger partial charge in [-0.05, 0) is 30.0 Å². The number of hydrogen-bond acceptors (Lipinski definition) is 2. The summed E-state index contributed by atoms with van der Waals surface area (Å²) in [7, 11) is 0. The SMILES string of the molecule is CC(C)(C)CC(C#N)Nc1cccc(Cl)c1. The van der Waals surface area contributed by atoms with Gasteiger partial charge in [-0.25, -0.2) is 0 Å². The standard InChI is InChI=1S/C13H17ClN2/c1-13(2,3)8-12(9-15)16-11-6-4-5-10(14)7-11/h4-7,12,16H,8H2,1-3H3. The molecule has 0 spiro atoms. The third kappa shape index (κ3) is 4.55. The highest BCUT2D eigenvalue weighted by atomic mass is 35.5. The number of nitrogens with zero attached hydrogens (tertiary/aromatic N) is 1. The fourth-order valence-corrected chi connectivity index (χ4v) is 1.71. The van der Waals surface area contributed by atoms with E-state index < -0.39 is 0 Å². The number of rotatable bonds is 3. The second-order valence-corrected chi connectivity index (χ2v) is 5.54. The number of benzene rings is 1. The third-order valence-electron chi connectivity index (χ3n) is 2.14. The van der Waals surface area contributed by atoms with Crippen molar-refractivity contribution in [2.24, 2.45) is 5.41 Å². The molecule has 2 nitrogen and oxygen atoms in total. The summed E-state index contributed by atoms with van der Waals surface area (Å²) in [6.07, 6.45) is 0.802. The van der Waals surface area contributed by atoms with Crippen LogP contribution in [0.15, 0.2) is 24.3 Å². The van der Waals surface area contributed by atoms with Crippen LogP contribution in [-0.2, 0) is 0 Å². The molecule has 0 aromatic heterocycles. The van der Waals surface area contributed by atoms with Crippen LogP contribution in [0, 0.1) is 16.7 Å². The molecule has 0 aliphatic rings.